The molecule has 0 aliphatic heterocycles. The van der Waals surface area contributed by atoms with Crippen molar-refractivity contribution in [3.63, 3.8) is 0 Å². The van der Waals surface area contributed by atoms with Gasteiger partial charge in [-0.25, -0.2) is 0 Å². The van der Waals surface area contributed by atoms with Gasteiger partial charge in [0.25, 0.3) is 0 Å². The molecule has 0 heterocycles. The molecule has 2 rings (SSSR count). The van der Waals surface area contributed by atoms with Crippen LogP contribution in [0.15, 0.2) is 42.5 Å². The first kappa shape index (κ1) is 8.24. The first-order valence-electron chi connectivity index (χ1n) is 4.56. The van der Waals surface area contributed by atoms with Gasteiger partial charge in [-0.1, -0.05) is 36.9 Å². The Morgan fingerprint density at radius 1 is 1.23 bits per heavy atom. The van der Waals surface area contributed by atoms with Crippen LogP contribution in [-0.2, 0) is 4.79 Å². The fourth-order valence-electron chi connectivity index (χ4n) is 1.86. The van der Waals surface area contributed by atoms with Gasteiger partial charge < -0.3 is 0 Å². The predicted octanol–water partition coefficient (Wildman–Crippen LogP) is 2.69. The summed E-state index contributed by atoms with van der Waals surface area (Å²) in [4.78, 5) is 11.3. The van der Waals surface area contributed by atoms with Gasteiger partial charge in [-0.05, 0) is 17.6 Å². The fourth-order valence-corrected chi connectivity index (χ4v) is 1.86. The second-order valence-corrected chi connectivity index (χ2v) is 3.45. The number of carbonyl (C=O) groups excluding carboxylic acids is 1. The Hall–Kier alpha value is -1.37. The Bertz CT molecular complexity index is 337. The van der Waals surface area contributed by atoms with Crippen molar-refractivity contribution in [3.8, 4) is 0 Å². The zero-order chi connectivity index (χ0) is 9.26. The maximum atomic E-state index is 11.3. The summed E-state index contributed by atoms with van der Waals surface area (Å²) in [5.41, 5.74) is 2.00. The highest BCUT2D eigenvalue weighted by molar-refractivity contribution is 5.98. The lowest BCUT2D eigenvalue weighted by atomic mass is 9.95. The highest BCUT2D eigenvalue weighted by Crippen LogP contribution is 2.35. The van der Waals surface area contributed by atoms with Crippen LogP contribution in [0.3, 0.4) is 0 Å². The lowest BCUT2D eigenvalue weighted by Crippen LogP contribution is -1.97. The Kier molecular flexibility index (Phi) is 2.01. The molecule has 1 aromatic carbocycles. The normalized spacial score (nSPS) is 22.3. The molecule has 1 unspecified atom stereocenters. The number of allylic oxidation sites excluding steroid dienone is 1. The molecule has 1 aliphatic rings. The van der Waals surface area contributed by atoms with Crippen LogP contribution in [0, 0.1) is 0 Å². The van der Waals surface area contributed by atoms with Crippen LogP contribution in [0.1, 0.15) is 24.3 Å². The maximum Gasteiger partial charge on any atom is 0.158 e. The van der Waals surface area contributed by atoms with Crippen molar-refractivity contribution in [2.24, 2.45) is 0 Å². The Balaban J connectivity index is 2.29. The molecule has 0 aromatic heterocycles. The minimum absolute atomic E-state index is 0.230. The van der Waals surface area contributed by atoms with Crippen LogP contribution in [0.4, 0.5) is 0 Å². The molecule has 1 heteroatoms. The Labute approximate surface area is 78.1 Å². The molecule has 1 aliphatic carbocycles. The molecule has 1 saturated carbocycles. The van der Waals surface area contributed by atoms with Crippen LogP contribution in [0.2, 0.25) is 0 Å². The van der Waals surface area contributed by atoms with Crippen LogP contribution in [0.5, 0.6) is 0 Å². The van der Waals surface area contributed by atoms with E-state index in [2.05, 4.69) is 18.7 Å². The second-order valence-electron chi connectivity index (χ2n) is 3.45. The van der Waals surface area contributed by atoms with E-state index in [1.165, 1.54) is 5.56 Å². The quantitative estimate of drug-likeness (QED) is 0.595. The third-order valence-corrected chi connectivity index (χ3v) is 2.64. The summed E-state index contributed by atoms with van der Waals surface area (Å²) in [5, 5.41) is 0. The zero-order valence-corrected chi connectivity index (χ0v) is 7.49. The maximum absolute atomic E-state index is 11.3. The third-order valence-electron chi connectivity index (χ3n) is 2.64. The Morgan fingerprint density at radius 2 is 1.92 bits per heavy atom. The average Bonchev–Trinajstić information content (AvgIpc) is 2.49. The summed E-state index contributed by atoms with van der Waals surface area (Å²) in [5.74, 6) is 0.502. The minimum atomic E-state index is 0.230. The Morgan fingerprint density at radius 3 is 2.46 bits per heavy atom. The summed E-state index contributed by atoms with van der Waals surface area (Å²) in [6, 6.07) is 10.1. The molecule has 1 aromatic rings. The van der Waals surface area contributed by atoms with E-state index in [4.69, 9.17) is 0 Å². The van der Waals surface area contributed by atoms with E-state index in [0.717, 1.165) is 12.0 Å². The van der Waals surface area contributed by atoms with Gasteiger partial charge in [0, 0.05) is 12.3 Å². The van der Waals surface area contributed by atoms with Crippen LogP contribution in [-0.4, -0.2) is 5.78 Å². The molecule has 0 saturated heterocycles. The lowest BCUT2D eigenvalue weighted by molar-refractivity contribution is -0.114. The summed E-state index contributed by atoms with van der Waals surface area (Å²) in [6.45, 7) is 3.84. The monoisotopic (exact) mass is 172 g/mol. The van der Waals surface area contributed by atoms with Crippen molar-refractivity contribution in [1.82, 2.24) is 0 Å². The van der Waals surface area contributed by atoms with E-state index >= 15 is 0 Å². The molecule has 1 nitrogen and oxygen atoms in total. The van der Waals surface area contributed by atoms with Crippen molar-refractivity contribution in [3.05, 3.63) is 48.0 Å². The predicted molar refractivity (Wildman–Crippen MR) is 52.6 cm³/mol. The molecule has 0 spiro atoms. The topological polar surface area (TPSA) is 17.1 Å². The van der Waals surface area contributed by atoms with Gasteiger partial charge in [0.2, 0.25) is 0 Å². The molecule has 0 radical (unpaired) electrons. The number of ketones is 1. The van der Waals surface area contributed by atoms with E-state index in [1.807, 2.05) is 18.2 Å². The van der Waals surface area contributed by atoms with Gasteiger partial charge >= 0.3 is 0 Å². The summed E-state index contributed by atoms with van der Waals surface area (Å²) in [7, 11) is 0. The van der Waals surface area contributed by atoms with Crippen molar-refractivity contribution in [2.75, 3.05) is 0 Å². The molecule has 1 atom stereocenters. The first-order chi connectivity index (χ1) is 6.29. The van der Waals surface area contributed by atoms with Gasteiger partial charge in [0.05, 0.1) is 0 Å². The molecular formula is C12H12O. The zero-order valence-electron chi connectivity index (χ0n) is 7.49. The second kappa shape index (κ2) is 3.17. The highest BCUT2D eigenvalue weighted by atomic mass is 16.1. The number of hydrogen-bond donors (Lipinski definition) is 0. The largest absolute Gasteiger partial charge is 0.295 e. The highest BCUT2D eigenvalue weighted by Gasteiger charge is 2.27. The molecule has 0 bridgehead atoms. The molecule has 13 heavy (non-hydrogen) atoms. The van der Waals surface area contributed by atoms with Crippen molar-refractivity contribution >= 4 is 5.78 Å². The molecule has 0 amide bonds. The summed E-state index contributed by atoms with van der Waals surface area (Å²) < 4.78 is 0. The number of carbonyl (C=O) groups is 1. The standard InChI is InChI=1S/C12H12O/c1-9-11(7-8-12(9)13)10-5-3-2-4-6-10/h2-6,11H,1,7-8H2. The smallest absolute Gasteiger partial charge is 0.158 e. The number of hydrogen-bond acceptors (Lipinski definition) is 1. The van der Waals surface area contributed by atoms with Crippen molar-refractivity contribution < 1.29 is 4.79 Å². The molecule has 1 fully saturated rings. The fraction of sp³-hybridized carbons (Fsp3) is 0.250. The number of Topliss-reactive ketones (excluding diaryl/α,β-unsaturated/α-hetero) is 1. The summed E-state index contributed by atoms with van der Waals surface area (Å²) >= 11 is 0. The van der Waals surface area contributed by atoms with Crippen LogP contribution in [0.25, 0.3) is 0 Å². The number of benzene rings is 1. The summed E-state index contributed by atoms with van der Waals surface area (Å²) in [6.07, 6.45) is 1.60. The first-order valence-corrected chi connectivity index (χ1v) is 4.56. The van der Waals surface area contributed by atoms with E-state index in [-0.39, 0.29) is 11.7 Å². The van der Waals surface area contributed by atoms with Gasteiger partial charge in [0.15, 0.2) is 5.78 Å². The van der Waals surface area contributed by atoms with Gasteiger partial charge in [0.1, 0.15) is 0 Å². The van der Waals surface area contributed by atoms with E-state index < -0.39 is 0 Å². The van der Waals surface area contributed by atoms with Gasteiger partial charge in [-0.3, -0.25) is 4.79 Å². The molecular weight excluding hydrogens is 160 g/mol. The number of rotatable bonds is 1. The van der Waals surface area contributed by atoms with Crippen LogP contribution >= 0.6 is 0 Å². The van der Waals surface area contributed by atoms with E-state index in [0.29, 0.717) is 6.42 Å². The van der Waals surface area contributed by atoms with Gasteiger partial charge in [-0.15, -0.1) is 0 Å². The average molecular weight is 172 g/mol. The SMILES string of the molecule is C=C1C(=O)CCC1c1ccccc1. The van der Waals surface area contributed by atoms with Crippen molar-refractivity contribution in [1.29, 1.82) is 0 Å². The lowest BCUT2D eigenvalue weighted by Gasteiger charge is -2.09. The van der Waals surface area contributed by atoms with Crippen LogP contribution < -0.4 is 0 Å². The molecule has 66 valence electrons. The molecule has 0 N–H and O–H groups in total. The van der Waals surface area contributed by atoms with E-state index in [9.17, 15) is 4.79 Å². The van der Waals surface area contributed by atoms with E-state index in [1.54, 1.807) is 0 Å². The van der Waals surface area contributed by atoms with Gasteiger partial charge in [-0.2, -0.15) is 0 Å². The third kappa shape index (κ3) is 1.42. The minimum Gasteiger partial charge on any atom is -0.295 e. The van der Waals surface area contributed by atoms with Crippen molar-refractivity contribution in [2.45, 2.75) is 18.8 Å².